The van der Waals surface area contributed by atoms with Gasteiger partial charge in [-0.15, -0.1) is 0 Å². The Balaban J connectivity index is 0. The molecule has 1 amide bonds. The molecule has 2 nitrogen and oxygen atoms in total. The van der Waals surface area contributed by atoms with E-state index in [2.05, 4.69) is 6.92 Å². The highest BCUT2D eigenvalue weighted by Crippen LogP contribution is 1.97. The van der Waals surface area contributed by atoms with Gasteiger partial charge in [-0.1, -0.05) is 34.1 Å². The van der Waals surface area contributed by atoms with Crippen molar-refractivity contribution in [3.63, 3.8) is 0 Å². The first-order valence-electron chi connectivity index (χ1n) is 5.46. The van der Waals surface area contributed by atoms with Gasteiger partial charge < -0.3 is 4.90 Å². The maximum absolute atomic E-state index is 11.2. The van der Waals surface area contributed by atoms with Gasteiger partial charge in [0.25, 0.3) is 0 Å². The summed E-state index contributed by atoms with van der Waals surface area (Å²) >= 11 is 0. The third-order valence-electron chi connectivity index (χ3n) is 1.74. The Morgan fingerprint density at radius 2 is 1.69 bits per heavy atom. The predicted octanol–water partition coefficient (Wildman–Crippen LogP) is 3.07. The monoisotopic (exact) mass is 187 g/mol. The van der Waals surface area contributed by atoms with E-state index in [0.29, 0.717) is 6.42 Å². The van der Waals surface area contributed by atoms with E-state index in [1.54, 1.807) is 0 Å². The number of rotatable bonds is 5. The molecular weight excluding hydrogens is 162 g/mol. The van der Waals surface area contributed by atoms with Crippen molar-refractivity contribution in [1.82, 2.24) is 4.90 Å². The van der Waals surface area contributed by atoms with Gasteiger partial charge in [-0.05, 0) is 12.8 Å². The van der Waals surface area contributed by atoms with Crippen molar-refractivity contribution in [2.24, 2.45) is 0 Å². The molecule has 0 aromatic heterocycles. The van der Waals surface area contributed by atoms with Crippen LogP contribution in [-0.2, 0) is 4.79 Å². The van der Waals surface area contributed by atoms with Gasteiger partial charge in [-0.2, -0.15) is 0 Å². The first-order chi connectivity index (χ1) is 6.22. The number of amides is 1. The van der Waals surface area contributed by atoms with Gasteiger partial charge in [-0.25, -0.2) is 0 Å². The van der Waals surface area contributed by atoms with Gasteiger partial charge in [0.05, 0.1) is 0 Å². The molecule has 0 saturated heterocycles. The lowest BCUT2D eigenvalue weighted by atomic mass is 10.3. The molecule has 0 heterocycles. The Morgan fingerprint density at radius 3 is 2.08 bits per heavy atom. The highest BCUT2D eigenvalue weighted by molar-refractivity contribution is 5.75. The summed E-state index contributed by atoms with van der Waals surface area (Å²) in [5.74, 6) is 0.279. The van der Waals surface area contributed by atoms with Crippen LogP contribution < -0.4 is 0 Å². The maximum Gasteiger partial charge on any atom is 0.222 e. The van der Waals surface area contributed by atoms with Gasteiger partial charge in [0, 0.05) is 20.0 Å². The molecule has 0 rings (SSSR count). The Hall–Kier alpha value is -0.530. The molecular formula is C11H25NO. The largest absolute Gasteiger partial charge is 0.346 e. The summed E-state index contributed by atoms with van der Waals surface area (Å²) in [6, 6.07) is 0. The van der Waals surface area contributed by atoms with E-state index >= 15 is 0 Å². The highest BCUT2D eigenvalue weighted by atomic mass is 16.2. The molecule has 0 atom stereocenters. The van der Waals surface area contributed by atoms with Gasteiger partial charge in [0.1, 0.15) is 0 Å². The number of carbonyl (C=O) groups excluding carboxylic acids is 1. The second kappa shape index (κ2) is 11.5. The van der Waals surface area contributed by atoms with Crippen LogP contribution in [0.3, 0.4) is 0 Å². The smallest absolute Gasteiger partial charge is 0.222 e. The zero-order valence-electron chi connectivity index (χ0n) is 9.89. The van der Waals surface area contributed by atoms with Crippen molar-refractivity contribution in [2.45, 2.75) is 53.4 Å². The van der Waals surface area contributed by atoms with Crippen LogP contribution in [0.15, 0.2) is 0 Å². The average molecular weight is 187 g/mol. The van der Waals surface area contributed by atoms with Crippen LogP contribution in [0.25, 0.3) is 0 Å². The third-order valence-corrected chi connectivity index (χ3v) is 1.74. The molecule has 2 heteroatoms. The molecule has 0 aliphatic rings. The molecule has 80 valence electrons. The normalized spacial score (nSPS) is 8.69. The topological polar surface area (TPSA) is 20.3 Å². The lowest BCUT2D eigenvalue weighted by Gasteiger charge is -2.15. The Morgan fingerprint density at radius 1 is 1.15 bits per heavy atom. The molecule has 0 spiro atoms. The summed E-state index contributed by atoms with van der Waals surface area (Å²) in [5, 5.41) is 0. The fraction of sp³-hybridized carbons (Fsp3) is 0.909. The van der Waals surface area contributed by atoms with E-state index in [4.69, 9.17) is 0 Å². The SMILES string of the molecule is CC.CCCCN(C)C(=O)CCC. The van der Waals surface area contributed by atoms with E-state index in [-0.39, 0.29) is 5.91 Å². The van der Waals surface area contributed by atoms with E-state index in [1.165, 1.54) is 0 Å². The van der Waals surface area contributed by atoms with Gasteiger partial charge in [0.15, 0.2) is 0 Å². The summed E-state index contributed by atoms with van der Waals surface area (Å²) in [4.78, 5) is 13.0. The Kier molecular flexibility index (Phi) is 13.2. The quantitative estimate of drug-likeness (QED) is 0.647. The van der Waals surface area contributed by atoms with Crippen LogP contribution in [0.5, 0.6) is 0 Å². The lowest BCUT2D eigenvalue weighted by Crippen LogP contribution is -2.27. The van der Waals surface area contributed by atoms with Crippen molar-refractivity contribution in [3.8, 4) is 0 Å². The number of hydrogen-bond acceptors (Lipinski definition) is 1. The Bertz CT molecular complexity index is 113. The highest BCUT2D eigenvalue weighted by Gasteiger charge is 2.04. The first-order valence-corrected chi connectivity index (χ1v) is 5.46. The fourth-order valence-electron chi connectivity index (χ4n) is 0.925. The predicted molar refractivity (Wildman–Crippen MR) is 58.8 cm³/mol. The van der Waals surface area contributed by atoms with E-state index in [0.717, 1.165) is 25.8 Å². The fourth-order valence-corrected chi connectivity index (χ4v) is 0.925. The first kappa shape index (κ1) is 15.0. The van der Waals surface area contributed by atoms with Crippen LogP contribution in [-0.4, -0.2) is 24.4 Å². The molecule has 0 unspecified atom stereocenters. The summed E-state index contributed by atoms with van der Waals surface area (Å²) in [7, 11) is 1.88. The Labute approximate surface area is 83.3 Å². The van der Waals surface area contributed by atoms with Crippen LogP contribution in [0.2, 0.25) is 0 Å². The molecule has 13 heavy (non-hydrogen) atoms. The van der Waals surface area contributed by atoms with Crippen LogP contribution in [0, 0.1) is 0 Å². The number of unbranched alkanes of at least 4 members (excludes halogenated alkanes) is 1. The molecule has 0 aromatic carbocycles. The molecule has 0 bridgehead atoms. The van der Waals surface area contributed by atoms with Gasteiger partial charge in [0.2, 0.25) is 5.91 Å². The summed E-state index contributed by atoms with van der Waals surface area (Å²) < 4.78 is 0. The second-order valence-corrected chi connectivity index (χ2v) is 2.92. The minimum atomic E-state index is 0.279. The van der Waals surface area contributed by atoms with Crippen LogP contribution >= 0.6 is 0 Å². The molecule has 0 N–H and O–H groups in total. The molecule has 0 radical (unpaired) electrons. The van der Waals surface area contributed by atoms with Crippen molar-refractivity contribution in [3.05, 3.63) is 0 Å². The number of hydrogen-bond donors (Lipinski definition) is 0. The molecule has 0 saturated carbocycles. The van der Waals surface area contributed by atoms with E-state index in [1.807, 2.05) is 32.7 Å². The van der Waals surface area contributed by atoms with Crippen molar-refractivity contribution in [1.29, 1.82) is 0 Å². The average Bonchev–Trinajstić information content (AvgIpc) is 2.17. The lowest BCUT2D eigenvalue weighted by molar-refractivity contribution is -0.129. The zero-order chi connectivity index (χ0) is 10.7. The van der Waals surface area contributed by atoms with E-state index in [9.17, 15) is 4.79 Å². The summed E-state index contributed by atoms with van der Waals surface area (Å²) in [6.45, 7) is 9.08. The van der Waals surface area contributed by atoms with Crippen LogP contribution in [0.1, 0.15) is 53.4 Å². The molecule has 0 aliphatic carbocycles. The molecule has 0 aliphatic heterocycles. The van der Waals surface area contributed by atoms with Crippen molar-refractivity contribution >= 4 is 5.91 Å². The standard InChI is InChI=1S/C9H19NO.C2H6/c1-4-6-8-10(3)9(11)7-5-2;1-2/h4-8H2,1-3H3;1-2H3. The number of nitrogens with zero attached hydrogens (tertiary/aromatic N) is 1. The second-order valence-electron chi connectivity index (χ2n) is 2.92. The maximum atomic E-state index is 11.2. The third kappa shape index (κ3) is 9.38. The van der Waals surface area contributed by atoms with Crippen molar-refractivity contribution < 1.29 is 4.79 Å². The summed E-state index contributed by atoms with van der Waals surface area (Å²) in [5.41, 5.74) is 0. The van der Waals surface area contributed by atoms with E-state index < -0.39 is 0 Å². The van der Waals surface area contributed by atoms with Gasteiger partial charge >= 0.3 is 0 Å². The molecule has 0 aromatic rings. The zero-order valence-corrected chi connectivity index (χ0v) is 9.89. The number of carbonyl (C=O) groups is 1. The summed E-state index contributed by atoms with van der Waals surface area (Å²) in [6.07, 6.45) is 3.92. The minimum Gasteiger partial charge on any atom is -0.346 e. The van der Waals surface area contributed by atoms with Gasteiger partial charge in [-0.3, -0.25) is 4.79 Å². The molecule has 0 fully saturated rings. The van der Waals surface area contributed by atoms with Crippen molar-refractivity contribution in [2.75, 3.05) is 13.6 Å². The van der Waals surface area contributed by atoms with Crippen LogP contribution in [0.4, 0.5) is 0 Å². The minimum absolute atomic E-state index is 0.279.